The fourth-order valence-electron chi connectivity index (χ4n) is 2.14. The van der Waals surface area contributed by atoms with Gasteiger partial charge in [0.1, 0.15) is 11.2 Å². The number of fused-ring (bicyclic) bond motifs is 3. The molecule has 3 rings (SSSR count). The lowest BCUT2D eigenvalue weighted by molar-refractivity contribution is 0.657. The molecule has 0 aliphatic carbocycles. The van der Waals surface area contributed by atoms with Crippen LogP contribution in [0.5, 0.6) is 0 Å². The molecule has 0 amide bonds. The second kappa shape index (κ2) is 3.38. The van der Waals surface area contributed by atoms with Gasteiger partial charge in [0, 0.05) is 10.8 Å². The molecule has 0 unspecified atom stereocenters. The number of benzene rings is 2. The van der Waals surface area contributed by atoms with Crippen LogP contribution in [0.2, 0.25) is 0 Å². The van der Waals surface area contributed by atoms with Crippen LogP contribution in [0.4, 0.5) is 0 Å². The third-order valence-corrected chi connectivity index (χ3v) is 2.97. The van der Waals surface area contributed by atoms with Gasteiger partial charge in [-0.05, 0) is 23.6 Å². The zero-order valence-corrected chi connectivity index (χ0v) is 9.45. The second-order valence-corrected chi connectivity index (χ2v) is 4.39. The summed E-state index contributed by atoms with van der Waals surface area (Å²) in [5.74, 6) is 0.470. The van der Waals surface area contributed by atoms with E-state index < -0.39 is 0 Å². The zero-order chi connectivity index (χ0) is 11.1. The Morgan fingerprint density at radius 3 is 2.75 bits per heavy atom. The zero-order valence-electron chi connectivity index (χ0n) is 9.45. The van der Waals surface area contributed by atoms with E-state index >= 15 is 0 Å². The van der Waals surface area contributed by atoms with E-state index in [2.05, 4.69) is 32.0 Å². The predicted molar refractivity (Wildman–Crippen MR) is 66.6 cm³/mol. The van der Waals surface area contributed by atoms with Gasteiger partial charge in [-0.15, -0.1) is 0 Å². The van der Waals surface area contributed by atoms with E-state index in [0.717, 1.165) is 21.9 Å². The molecule has 3 aromatic rings. The third kappa shape index (κ3) is 1.25. The summed E-state index contributed by atoms with van der Waals surface area (Å²) in [6.45, 7) is 4.36. The van der Waals surface area contributed by atoms with Crippen molar-refractivity contribution in [1.82, 2.24) is 0 Å². The molecule has 0 aliphatic rings. The lowest BCUT2D eigenvalue weighted by Crippen LogP contribution is -1.86. The molecule has 0 spiro atoms. The summed E-state index contributed by atoms with van der Waals surface area (Å²) in [6.07, 6.45) is 0. The highest BCUT2D eigenvalue weighted by molar-refractivity contribution is 6.05. The maximum absolute atomic E-state index is 5.91. The van der Waals surface area contributed by atoms with Gasteiger partial charge in [-0.3, -0.25) is 0 Å². The van der Waals surface area contributed by atoms with Gasteiger partial charge in [0.05, 0.1) is 0 Å². The molecule has 0 saturated carbocycles. The minimum absolute atomic E-state index is 0.470. The van der Waals surface area contributed by atoms with Crippen LogP contribution in [0, 0.1) is 6.07 Å². The standard InChI is InChI=1S/C15H13O/c1-10(2)11-7-5-8-13-12-6-3-4-9-14(12)16-15(11)13/h3-7,9-10H,1-2H3. The smallest absolute Gasteiger partial charge is 0.139 e. The van der Waals surface area contributed by atoms with Crippen molar-refractivity contribution in [2.24, 2.45) is 0 Å². The Morgan fingerprint density at radius 1 is 1.12 bits per heavy atom. The van der Waals surface area contributed by atoms with E-state index in [4.69, 9.17) is 4.42 Å². The maximum atomic E-state index is 5.91. The summed E-state index contributed by atoms with van der Waals surface area (Å²) < 4.78 is 5.91. The Balaban J connectivity index is 2.49. The molecule has 1 radical (unpaired) electrons. The first kappa shape index (κ1) is 9.46. The van der Waals surface area contributed by atoms with Crippen LogP contribution in [0.3, 0.4) is 0 Å². The molecule has 16 heavy (non-hydrogen) atoms. The van der Waals surface area contributed by atoms with E-state index in [1.165, 1.54) is 5.56 Å². The van der Waals surface area contributed by atoms with Crippen LogP contribution < -0.4 is 0 Å². The Labute approximate surface area is 94.7 Å². The average molecular weight is 209 g/mol. The fourth-order valence-corrected chi connectivity index (χ4v) is 2.14. The van der Waals surface area contributed by atoms with E-state index in [1.807, 2.05) is 24.3 Å². The van der Waals surface area contributed by atoms with E-state index in [9.17, 15) is 0 Å². The van der Waals surface area contributed by atoms with Gasteiger partial charge in [0.2, 0.25) is 0 Å². The summed E-state index contributed by atoms with van der Waals surface area (Å²) in [7, 11) is 0. The van der Waals surface area contributed by atoms with Crippen molar-refractivity contribution in [1.29, 1.82) is 0 Å². The van der Waals surface area contributed by atoms with E-state index in [1.54, 1.807) is 0 Å². The minimum Gasteiger partial charge on any atom is -0.456 e. The fraction of sp³-hybridized carbons (Fsp3) is 0.200. The van der Waals surface area contributed by atoms with Crippen LogP contribution in [0.1, 0.15) is 25.3 Å². The second-order valence-electron chi connectivity index (χ2n) is 4.39. The molecule has 0 fully saturated rings. The molecule has 1 aromatic heterocycles. The average Bonchev–Trinajstić information content (AvgIpc) is 2.67. The van der Waals surface area contributed by atoms with Gasteiger partial charge >= 0.3 is 0 Å². The highest BCUT2D eigenvalue weighted by Crippen LogP contribution is 2.33. The Hall–Kier alpha value is -1.76. The molecule has 1 nitrogen and oxygen atoms in total. The molecule has 0 aliphatic heterocycles. The van der Waals surface area contributed by atoms with Gasteiger partial charge in [0.25, 0.3) is 0 Å². The molecule has 0 saturated heterocycles. The Kier molecular flexibility index (Phi) is 2.00. The van der Waals surface area contributed by atoms with Crippen LogP contribution in [0.15, 0.2) is 40.8 Å². The number of furan rings is 1. The van der Waals surface area contributed by atoms with Gasteiger partial charge < -0.3 is 4.42 Å². The minimum atomic E-state index is 0.470. The lowest BCUT2D eigenvalue weighted by atomic mass is 10.0. The summed E-state index contributed by atoms with van der Waals surface area (Å²) >= 11 is 0. The normalized spacial score (nSPS) is 11.7. The highest BCUT2D eigenvalue weighted by atomic mass is 16.3. The summed E-state index contributed by atoms with van der Waals surface area (Å²) in [6, 6.07) is 15.5. The predicted octanol–water partition coefficient (Wildman–Crippen LogP) is 4.51. The molecule has 0 bridgehead atoms. The van der Waals surface area contributed by atoms with Crippen LogP contribution >= 0.6 is 0 Å². The summed E-state index contributed by atoms with van der Waals surface area (Å²) in [4.78, 5) is 0. The SMILES string of the molecule is CC(C)c1cc[c]c2c1oc1ccccc12. The highest BCUT2D eigenvalue weighted by Gasteiger charge is 2.11. The molecular formula is C15H13O. The van der Waals surface area contributed by atoms with Crippen molar-refractivity contribution >= 4 is 21.9 Å². The summed E-state index contributed by atoms with van der Waals surface area (Å²) in [5.41, 5.74) is 3.19. The first-order valence-electron chi connectivity index (χ1n) is 5.59. The van der Waals surface area contributed by atoms with Crippen molar-refractivity contribution in [3.05, 3.63) is 48.0 Å². The maximum Gasteiger partial charge on any atom is 0.139 e. The third-order valence-electron chi connectivity index (χ3n) is 2.97. The van der Waals surface area contributed by atoms with Crippen molar-refractivity contribution in [3.63, 3.8) is 0 Å². The number of para-hydroxylation sites is 1. The lowest BCUT2D eigenvalue weighted by Gasteiger charge is -2.04. The van der Waals surface area contributed by atoms with Gasteiger partial charge in [-0.1, -0.05) is 44.2 Å². The first-order valence-corrected chi connectivity index (χ1v) is 5.59. The quantitative estimate of drug-likeness (QED) is 0.574. The first-order chi connectivity index (χ1) is 7.77. The molecule has 0 atom stereocenters. The van der Waals surface area contributed by atoms with E-state index in [-0.39, 0.29) is 0 Å². The number of rotatable bonds is 1. The van der Waals surface area contributed by atoms with Gasteiger partial charge in [-0.2, -0.15) is 0 Å². The van der Waals surface area contributed by atoms with E-state index in [0.29, 0.717) is 5.92 Å². The molecule has 0 N–H and O–H groups in total. The molecule has 1 heterocycles. The number of hydrogen-bond acceptors (Lipinski definition) is 1. The van der Waals surface area contributed by atoms with Crippen LogP contribution in [0.25, 0.3) is 21.9 Å². The van der Waals surface area contributed by atoms with Crippen molar-refractivity contribution in [2.75, 3.05) is 0 Å². The van der Waals surface area contributed by atoms with Gasteiger partial charge in [-0.25, -0.2) is 0 Å². The summed E-state index contributed by atoms with van der Waals surface area (Å²) in [5, 5.41) is 2.25. The van der Waals surface area contributed by atoms with Crippen molar-refractivity contribution in [3.8, 4) is 0 Å². The molecule has 2 aromatic carbocycles. The number of hydrogen-bond donors (Lipinski definition) is 0. The van der Waals surface area contributed by atoms with Crippen molar-refractivity contribution < 1.29 is 4.42 Å². The molecule has 1 heteroatoms. The largest absolute Gasteiger partial charge is 0.456 e. The van der Waals surface area contributed by atoms with Crippen molar-refractivity contribution in [2.45, 2.75) is 19.8 Å². The molecule has 79 valence electrons. The van der Waals surface area contributed by atoms with Crippen LogP contribution in [-0.2, 0) is 0 Å². The van der Waals surface area contributed by atoms with Crippen LogP contribution in [-0.4, -0.2) is 0 Å². The molecular weight excluding hydrogens is 196 g/mol. The Morgan fingerprint density at radius 2 is 1.94 bits per heavy atom. The monoisotopic (exact) mass is 209 g/mol. The Bertz CT molecular complexity index is 647. The van der Waals surface area contributed by atoms with Gasteiger partial charge in [0.15, 0.2) is 0 Å². The topological polar surface area (TPSA) is 13.1 Å².